The molecule has 0 saturated heterocycles. The van der Waals surface area contributed by atoms with E-state index in [1.807, 2.05) is 32.9 Å². The fraction of sp³-hybridized carbons (Fsp3) is 0.462. The lowest BCUT2D eigenvalue weighted by molar-refractivity contribution is -0.117. The second-order valence-corrected chi connectivity index (χ2v) is 9.56. The minimum atomic E-state index is -0.137. The van der Waals surface area contributed by atoms with Crippen LogP contribution < -0.4 is 15.5 Å². The molecule has 6 heteroatoms. The Morgan fingerprint density at radius 3 is 2.56 bits per heavy atom. The van der Waals surface area contributed by atoms with Crippen LogP contribution in [0.3, 0.4) is 0 Å². The number of hydrogen-bond acceptors (Lipinski definition) is 4. The summed E-state index contributed by atoms with van der Waals surface area (Å²) in [6.07, 6.45) is 2.10. The van der Waals surface area contributed by atoms with Crippen LogP contribution in [0.15, 0.2) is 42.5 Å². The maximum Gasteiger partial charge on any atom is 0.253 e. The first-order valence-electron chi connectivity index (χ1n) is 11.3. The van der Waals surface area contributed by atoms with Gasteiger partial charge in [0.1, 0.15) is 0 Å². The molecule has 0 fully saturated rings. The Hall–Kier alpha value is -2.86. The minimum Gasteiger partial charge on any atom is -0.385 e. The average molecular weight is 438 g/mol. The van der Waals surface area contributed by atoms with E-state index in [2.05, 4.69) is 39.8 Å². The van der Waals surface area contributed by atoms with Crippen molar-refractivity contribution in [2.75, 3.05) is 37.0 Å². The number of hydrogen-bond donors (Lipinski definition) is 2. The number of methoxy groups -OCH3 is 1. The zero-order chi connectivity index (χ0) is 23.1. The smallest absolute Gasteiger partial charge is 0.253 e. The van der Waals surface area contributed by atoms with E-state index in [-0.39, 0.29) is 17.2 Å². The lowest BCUT2D eigenvalue weighted by atomic mass is 9.92. The summed E-state index contributed by atoms with van der Waals surface area (Å²) in [5.74, 6) is -0.189. The molecule has 0 saturated carbocycles. The molecule has 0 radical (unpaired) electrons. The second-order valence-electron chi connectivity index (χ2n) is 9.56. The van der Waals surface area contributed by atoms with Crippen molar-refractivity contribution in [3.8, 4) is 0 Å². The Kier molecular flexibility index (Phi) is 7.91. The standard InChI is InChI=1S/C26H35N3O3/c1-26(2,3)17-24(30)28-21-10-11-23(22(16-21)25(31)27-13-7-15-32-4)29-14-12-19-8-5-6-9-20(19)18-29/h5-6,8-11,16H,7,12-15,17-18H2,1-4H3,(H,27,31)(H,28,30). The summed E-state index contributed by atoms with van der Waals surface area (Å²) in [5.41, 5.74) is 4.65. The highest BCUT2D eigenvalue weighted by atomic mass is 16.5. The van der Waals surface area contributed by atoms with Crippen molar-refractivity contribution < 1.29 is 14.3 Å². The third-order valence-corrected chi connectivity index (χ3v) is 5.50. The van der Waals surface area contributed by atoms with E-state index in [0.717, 1.165) is 31.6 Å². The second kappa shape index (κ2) is 10.6. The molecule has 0 unspecified atom stereocenters. The number of carbonyl (C=O) groups is 2. The van der Waals surface area contributed by atoms with Gasteiger partial charge < -0.3 is 20.3 Å². The molecule has 0 aromatic heterocycles. The van der Waals surface area contributed by atoms with E-state index < -0.39 is 0 Å². The predicted molar refractivity (Wildman–Crippen MR) is 129 cm³/mol. The van der Waals surface area contributed by atoms with E-state index in [0.29, 0.717) is 30.8 Å². The van der Waals surface area contributed by atoms with E-state index in [1.54, 1.807) is 13.2 Å². The Labute approximate surface area is 191 Å². The summed E-state index contributed by atoms with van der Waals surface area (Å²) in [6, 6.07) is 14.1. The van der Waals surface area contributed by atoms with Crippen LogP contribution in [-0.2, 0) is 22.5 Å². The topological polar surface area (TPSA) is 70.7 Å². The number of nitrogens with zero attached hydrogens (tertiary/aromatic N) is 1. The molecular weight excluding hydrogens is 402 g/mol. The summed E-state index contributed by atoms with van der Waals surface area (Å²) in [4.78, 5) is 27.8. The van der Waals surface area contributed by atoms with Gasteiger partial charge in [0.2, 0.25) is 5.91 Å². The van der Waals surface area contributed by atoms with Crippen molar-refractivity contribution >= 4 is 23.2 Å². The van der Waals surface area contributed by atoms with Gasteiger partial charge in [-0.2, -0.15) is 0 Å². The molecule has 1 heterocycles. The maximum absolute atomic E-state index is 13.1. The highest BCUT2D eigenvalue weighted by Crippen LogP contribution is 2.30. The Morgan fingerprint density at radius 2 is 1.84 bits per heavy atom. The van der Waals surface area contributed by atoms with Crippen molar-refractivity contribution in [3.63, 3.8) is 0 Å². The maximum atomic E-state index is 13.1. The molecule has 1 aliphatic heterocycles. The molecule has 0 atom stereocenters. The van der Waals surface area contributed by atoms with Crippen molar-refractivity contribution in [3.05, 3.63) is 59.2 Å². The summed E-state index contributed by atoms with van der Waals surface area (Å²) >= 11 is 0. The van der Waals surface area contributed by atoms with Crippen LogP contribution in [0.4, 0.5) is 11.4 Å². The van der Waals surface area contributed by atoms with Gasteiger partial charge in [-0.05, 0) is 47.6 Å². The largest absolute Gasteiger partial charge is 0.385 e. The molecule has 2 aromatic rings. The fourth-order valence-electron chi connectivity index (χ4n) is 3.97. The SMILES string of the molecule is COCCCNC(=O)c1cc(NC(=O)CC(C)(C)C)ccc1N1CCc2ccccc2C1. The summed E-state index contributed by atoms with van der Waals surface area (Å²) in [5, 5.41) is 5.95. The number of rotatable bonds is 8. The fourth-order valence-corrected chi connectivity index (χ4v) is 3.97. The number of anilines is 2. The van der Waals surface area contributed by atoms with Crippen molar-refractivity contribution in [1.82, 2.24) is 5.32 Å². The van der Waals surface area contributed by atoms with Crippen LogP contribution in [0.25, 0.3) is 0 Å². The van der Waals surface area contributed by atoms with E-state index in [4.69, 9.17) is 4.74 Å². The van der Waals surface area contributed by atoms with Gasteiger partial charge in [-0.3, -0.25) is 9.59 Å². The number of benzene rings is 2. The lowest BCUT2D eigenvalue weighted by Gasteiger charge is -2.32. The molecule has 172 valence electrons. The number of nitrogens with one attached hydrogen (secondary N) is 2. The molecular formula is C26H35N3O3. The van der Waals surface area contributed by atoms with Crippen LogP contribution in [0, 0.1) is 5.41 Å². The number of fused-ring (bicyclic) bond motifs is 1. The molecule has 3 rings (SSSR count). The zero-order valence-corrected chi connectivity index (χ0v) is 19.7. The lowest BCUT2D eigenvalue weighted by Crippen LogP contribution is -2.33. The molecule has 6 nitrogen and oxygen atoms in total. The molecule has 2 aromatic carbocycles. The van der Waals surface area contributed by atoms with Crippen molar-refractivity contribution in [2.45, 2.75) is 46.6 Å². The number of ether oxygens (including phenoxy) is 1. The van der Waals surface area contributed by atoms with E-state index >= 15 is 0 Å². The first-order chi connectivity index (χ1) is 15.3. The van der Waals surface area contributed by atoms with Crippen LogP contribution in [-0.4, -0.2) is 38.6 Å². The van der Waals surface area contributed by atoms with E-state index in [1.165, 1.54) is 11.1 Å². The van der Waals surface area contributed by atoms with Gasteiger partial charge in [0, 0.05) is 51.1 Å². The van der Waals surface area contributed by atoms with Crippen LogP contribution in [0.5, 0.6) is 0 Å². The van der Waals surface area contributed by atoms with Gasteiger partial charge in [-0.15, -0.1) is 0 Å². The molecule has 2 N–H and O–H groups in total. The van der Waals surface area contributed by atoms with Gasteiger partial charge >= 0.3 is 0 Å². The molecule has 32 heavy (non-hydrogen) atoms. The summed E-state index contributed by atoms with van der Waals surface area (Å²) in [7, 11) is 1.65. The predicted octanol–water partition coefficient (Wildman–Crippen LogP) is 4.39. The normalized spacial score (nSPS) is 13.4. The van der Waals surface area contributed by atoms with Gasteiger partial charge in [0.25, 0.3) is 5.91 Å². The first-order valence-corrected chi connectivity index (χ1v) is 11.3. The highest BCUT2D eigenvalue weighted by molar-refractivity contribution is 6.02. The average Bonchev–Trinajstić information content (AvgIpc) is 2.75. The summed E-state index contributed by atoms with van der Waals surface area (Å²) < 4.78 is 5.08. The number of amides is 2. The zero-order valence-electron chi connectivity index (χ0n) is 19.7. The summed E-state index contributed by atoms with van der Waals surface area (Å²) in [6.45, 7) is 8.83. The molecule has 0 spiro atoms. The van der Waals surface area contributed by atoms with Gasteiger partial charge in [-0.25, -0.2) is 0 Å². The van der Waals surface area contributed by atoms with Crippen LogP contribution in [0.2, 0.25) is 0 Å². The molecule has 1 aliphatic rings. The monoisotopic (exact) mass is 437 g/mol. The van der Waals surface area contributed by atoms with E-state index in [9.17, 15) is 9.59 Å². The molecule has 0 bridgehead atoms. The van der Waals surface area contributed by atoms with Crippen LogP contribution in [0.1, 0.15) is 55.1 Å². The first kappa shape index (κ1) is 23.8. The minimum absolute atomic E-state index is 0.0522. The molecule has 0 aliphatic carbocycles. The van der Waals surface area contributed by atoms with Crippen molar-refractivity contribution in [2.24, 2.45) is 5.41 Å². The van der Waals surface area contributed by atoms with Gasteiger partial charge in [0.15, 0.2) is 0 Å². The third-order valence-electron chi connectivity index (χ3n) is 5.50. The molecule has 2 amide bonds. The third kappa shape index (κ3) is 6.57. The Morgan fingerprint density at radius 1 is 1.09 bits per heavy atom. The Bertz CT molecular complexity index is 950. The van der Waals surface area contributed by atoms with Crippen LogP contribution >= 0.6 is 0 Å². The Balaban J connectivity index is 1.83. The van der Waals surface area contributed by atoms with Gasteiger partial charge in [0.05, 0.1) is 5.56 Å². The number of carbonyl (C=O) groups excluding carboxylic acids is 2. The quantitative estimate of drug-likeness (QED) is 0.601. The van der Waals surface area contributed by atoms with Crippen molar-refractivity contribution in [1.29, 1.82) is 0 Å². The van der Waals surface area contributed by atoms with Gasteiger partial charge in [-0.1, -0.05) is 45.0 Å². The highest BCUT2D eigenvalue weighted by Gasteiger charge is 2.22.